The highest BCUT2D eigenvalue weighted by Gasteiger charge is 2.29. The molecule has 2 heterocycles. The van der Waals surface area contributed by atoms with Gasteiger partial charge >= 0.3 is 0 Å². The van der Waals surface area contributed by atoms with E-state index in [2.05, 4.69) is 17.4 Å². The Labute approximate surface area is 141 Å². The van der Waals surface area contributed by atoms with Gasteiger partial charge in [0.1, 0.15) is 12.0 Å². The monoisotopic (exact) mass is 326 g/mol. The summed E-state index contributed by atoms with van der Waals surface area (Å²) in [5.41, 5.74) is 1.76. The van der Waals surface area contributed by atoms with Crippen LogP contribution < -0.4 is 5.32 Å². The van der Waals surface area contributed by atoms with Gasteiger partial charge in [-0.2, -0.15) is 0 Å². The van der Waals surface area contributed by atoms with Gasteiger partial charge in [0.2, 0.25) is 5.91 Å². The number of aryl methyl sites for hydroxylation is 1. The topological polar surface area (TPSA) is 62.6 Å². The van der Waals surface area contributed by atoms with Crippen LogP contribution in [0.2, 0.25) is 0 Å². The summed E-state index contributed by atoms with van der Waals surface area (Å²) >= 11 is 0. The molecule has 1 atom stereocenters. The van der Waals surface area contributed by atoms with Crippen molar-refractivity contribution in [3.63, 3.8) is 0 Å². The molecule has 1 aromatic carbocycles. The molecule has 0 aliphatic carbocycles. The van der Waals surface area contributed by atoms with Gasteiger partial charge in [0, 0.05) is 32.0 Å². The molecule has 1 aliphatic heterocycles. The van der Waals surface area contributed by atoms with Gasteiger partial charge in [-0.3, -0.25) is 9.59 Å². The average molecular weight is 326 g/mol. The Morgan fingerprint density at radius 2 is 2.12 bits per heavy atom. The highest BCUT2D eigenvalue weighted by Crippen LogP contribution is 2.18. The molecule has 24 heavy (non-hydrogen) atoms. The molecule has 2 aromatic rings. The first-order valence-corrected chi connectivity index (χ1v) is 8.27. The van der Waals surface area contributed by atoms with E-state index in [-0.39, 0.29) is 17.7 Å². The van der Waals surface area contributed by atoms with E-state index in [0.29, 0.717) is 30.8 Å². The molecule has 5 heteroatoms. The first-order chi connectivity index (χ1) is 11.6. The minimum absolute atomic E-state index is 0.151. The van der Waals surface area contributed by atoms with E-state index in [9.17, 15) is 9.59 Å². The SMILES string of the molecule is Cc1cc(C(=O)NC[C@@H]2CC(=O)N(CCc3ccccc3)C2)co1. The Morgan fingerprint density at radius 3 is 2.83 bits per heavy atom. The van der Waals surface area contributed by atoms with Crippen LogP contribution in [0.3, 0.4) is 0 Å². The maximum absolute atomic E-state index is 12.1. The van der Waals surface area contributed by atoms with Crippen molar-refractivity contribution in [2.24, 2.45) is 5.92 Å². The van der Waals surface area contributed by atoms with Gasteiger partial charge in [-0.25, -0.2) is 0 Å². The third-order valence-electron chi connectivity index (χ3n) is 4.35. The van der Waals surface area contributed by atoms with Gasteiger partial charge in [0.25, 0.3) is 5.91 Å². The summed E-state index contributed by atoms with van der Waals surface area (Å²) in [6, 6.07) is 11.9. The molecule has 0 unspecified atom stereocenters. The molecule has 0 radical (unpaired) electrons. The number of carbonyl (C=O) groups is 2. The standard InChI is InChI=1S/C19H22N2O3/c1-14-9-17(13-24-14)19(23)20-11-16-10-18(22)21(12-16)8-7-15-5-3-2-4-6-15/h2-6,9,13,16H,7-8,10-12H2,1H3,(H,20,23)/t16-/m0/s1. The number of hydrogen-bond donors (Lipinski definition) is 1. The molecule has 3 rings (SSSR count). The second-order valence-electron chi connectivity index (χ2n) is 6.30. The minimum Gasteiger partial charge on any atom is -0.469 e. The van der Waals surface area contributed by atoms with Gasteiger partial charge in [-0.1, -0.05) is 30.3 Å². The molecule has 1 aromatic heterocycles. The van der Waals surface area contributed by atoms with Crippen LogP contribution in [-0.2, 0) is 11.2 Å². The molecule has 1 aliphatic rings. The first kappa shape index (κ1) is 16.3. The molecule has 0 spiro atoms. The second kappa shape index (κ2) is 7.34. The van der Waals surface area contributed by atoms with Gasteiger partial charge < -0.3 is 14.6 Å². The molecule has 5 nitrogen and oxygen atoms in total. The van der Waals surface area contributed by atoms with Crippen molar-refractivity contribution in [3.8, 4) is 0 Å². The van der Waals surface area contributed by atoms with E-state index in [1.165, 1.54) is 11.8 Å². The van der Waals surface area contributed by atoms with Gasteiger partial charge in [-0.15, -0.1) is 0 Å². The summed E-state index contributed by atoms with van der Waals surface area (Å²) in [6.45, 7) is 3.75. The molecule has 126 valence electrons. The predicted octanol–water partition coefficient (Wildman–Crippen LogP) is 2.41. The summed E-state index contributed by atoms with van der Waals surface area (Å²) in [6.07, 6.45) is 2.82. The Bertz CT molecular complexity index is 708. The van der Waals surface area contributed by atoms with Gasteiger partial charge in [-0.05, 0) is 25.0 Å². The molecular weight excluding hydrogens is 304 g/mol. The van der Waals surface area contributed by atoms with Crippen molar-refractivity contribution in [1.82, 2.24) is 10.2 Å². The van der Waals surface area contributed by atoms with E-state index in [1.807, 2.05) is 23.1 Å². The molecule has 1 N–H and O–H groups in total. The van der Waals surface area contributed by atoms with Crippen molar-refractivity contribution < 1.29 is 14.0 Å². The smallest absolute Gasteiger partial charge is 0.254 e. The molecule has 0 saturated carbocycles. The van der Waals surface area contributed by atoms with Crippen molar-refractivity contribution >= 4 is 11.8 Å². The zero-order valence-electron chi connectivity index (χ0n) is 13.8. The van der Waals surface area contributed by atoms with E-state index in [0.717, 1.165) is 13.0 Å². The lowest BCUT2D eigenvalue weighted by molar-refractivity contribution is -0.127. The molecule has 2 amide bonds. The number of nitrogens with one attached hydrogen (secondary N) is 1. The maximum atomic E-state index is 12.1. The largest absolute Gasteiger partial charge is 0.469 e. The van der Waals surface area contributed by atoms with Crippen LogP contribution in [0.25, 0.3) is 0 Å². The lowest BCUT2D eigenvalue weighted by atomic mass is 10.1. The van der Waals surface area contributed by atoms with Crippen LogP contribution >= 0.6 is 0 Å². The molecule has 1 saturated heterocycles. The van der Waals surface area contributed by atoms with Crippen LogP contribution in [0.1, 0.15) is 28.1 Å². The van der Waals surface area contributed by atoms with E-state index in [4.69, 9.17) is 4.42 Å². The zero-order valence-corrected chi connectivity index (χ0v) is 13.8. The van der Waals surface area contributed by atoms with Crippen molar-refractivity contribution in [3.05, 3.63) is 59.5 Å². The summed E-state index contributed by atoms with van der Waals surface area (Å²) in [5.74, 6) is 0.903. The average Bonchev–Trinajstić information content (AvgIpc) is 3.17. The van der Waals surface area contributed by atoms with Gasteiger partial charge in [0.15, 0.2) is 0 Å². The number of carbonyl (C=O) groups excluding carboxylic acids is 2. The van der Waals surface area contributed by atoms with E-state index >= 15 is 0 Å². The van der Waals surface area contributed by atoms with Crippen LogP contribution in [0, 0.1) is 12.8 Å². The number of amides is 2. The quantitative estimate of drug-likeness (QED) is 0.887. The fourth-order valence-corrected chi connectivity index (χ4v) is 3.02. The van der Waals surface area contributed by atoms with Crippen molar-refractivity contribution in [2.75, 3.05) is 19.6 Å². The molecular formula is C19H22N2O3. The highest BCUT2D eigenvalue weighted by atomic mass is 16.3. The number of benzene rings is 1. The Kier molecular flexibility index (Phi) is 4.99. The number of nitrogens with zero attached hydrogens (tertiary/aromatic N) is 1. The summed E-state index contributed by atoms with van der Waals surface area (Å²) in [5, 5.41) is 2.89. The molecule has 1 fully saturated rings. The van der Waals surface area contributed by atoms with Crippen molar-refractivity contribution in [2.45, 2.75) is 19.8 Å². The van der Waals surface area contributed by atoms with Crippen LogP contribution in [-0.4, -0.2) is 36.3 Å². The highest BCUT2D eigenvalue weighted by molar-refractivity contribution is 5.94. The lowest BCUT2D eigenvalue weighted by Crippen LogP contribution is -2.31. The fourth-order valence-electron chi connectivity index (χ4n) is 3.02. The number of hydrogen-bond acceptors (Lipinski definition) is 3. The van der Waals surface area contributed by atoms with Crippen LogP contribution in [0.4, 0.5) is 0 Å². The zero-order chi connectivity index (χ0) is 16.9. The fraction of sp³-hybridized carbons (Fsp3) is 0.368. The summed E-state index contributed by atoms with van der Waals surface area (Å²) in [7, 11) is 0. The summed E-state index contributed by atoms with van der Waals surface area (Å²) < 4.78 is 5.14. The van der Waals surface area contributed by atoms with Crippen molar-refractivity contribution in [1.29, 1.82) is 0 Å². The summed E-state index contributed by atoms with van der Waals surface area (Å²) in [4.78, 5) is 26.0. The third-order valence-corrected chi connectivity index (χ3v) is 4.35. The Balaban J connectivity index is 1.45. The normalized spacial score (nSPS) is 17.3. The number of furan rings is 1. The molecule has 0 bridgehead atoms. The first-order valence-electron chi connectivity index (χ1n) is 8.27. The maximum Gasteiger partial charge on any atom is 0.254 e. The lowest BCUT2D eigenvalue weighted by Gasteiger charge is -2.16. The Morgan fingerprint density at radius 1 is 1.33 bits per heavy atom. The van der Waals surface area contributed by atoms with Gasteiger partial charge in [0.05, 0.1) is 5.56 Å². The predicted molar refractivity (Wildman–Crippen MR) is 90.6 cm³/mol. The Hall–Kier alpha value is -2.56. The minimum atomic E-state index is -0.151. The number of rotatable bonds is 6. The second-order valence-corrected chi connectivity index (χ2v) is 6.30. The van der Waals surface area contributed by atoms with E-state index in [1.54, 1.807) is 13.0 Å². The number of likely N-dealkylation sites (tertiary alicyclic amines) is 1. The van der Waals surface area contributed by atoms with E-state index < -0.39 is 0 Å². The van der Waals surface area contributed by atoms with Crippen LogP contribution in [0.5, 0.6) is 0 Å². The third kappa shape index (κ3) is 4.04. The van der Waals surface area contributed by atoms with Crippen LogP contribution in [0.15, 0.2) is 47.1 Å².